The lowest BCUT2D eigenvalue weighted by Gasteiger charge is -2.30. The predicted molar refractivity (Wildman–Crippen MR) is 100 cm³/mol. The molecule has 0 spiro atoms. The molecule has 5 nitrogen and oxygen atoms in total. The highest BCUT2D eigenvalue weighted by Crippen LogP contribution is 2.38. The number of nitro groups is 1. The first-order chi connectivity index (χ1) is 13.2. The van der Waals surface area contributed by atoms with Crippen LogP contribution in [0.15, 0.2) is 36.4 Å². The third-order valence-electron chi connectivity index (χ3n) is 4.22. The topological polar surface area (TPSA) is 63.5 Å². The summed E-state index contributed by atoms with van der Waals surface area (Å²) in [5.74, 6) is -1.95. The zero-order chi connectivity index (χ0) is 21.1. The van der Waals surface area contributed by atoms with Gasteiger partial charge in [-0.25, -0.2) is 0 Å². The zero-order valence-corrected chi connectivity index (χ0v) is 16.0. The molecule has 0 unspecified atom stereocenters. The van der Waals surface area contributed by atoms with E-state index in [1.54, 1.807) is 24.3 Å². The predicted octanol–water partition coefficient (Wildman–Crippen LogP) is 5.39. The van der Waals surface area contributed by atoms with Crippen molar-refractivity contribution in [2.75, 3.05) is 6.54 Å². The van der Waals surface area contributed by atoms with Crippen molar-refractivity contribution in [2.45, 2.75) is 33.0 Å². The number of hydrogen-bond acceptors (Lipinski definition) is 3. The Hall–Kier alpha value is -2.61. The van der Waals surface area contributed by atoms with Gasteiger partial charge in [0.2, 0.25) is 0 Å². The largest absolute Gasteiger partial charge is 0.471 e. The molecule has 150 valence electrons. The molecule has 0 atom stereocenters. The summed E-state index contributed by atoms with van der Waals surface area (Å²) < 4.78 is 38.1. The second kappa shape index (κ2) is 8.60. The Labute approximate surface area is 164 Å². The van der Waals surface area contributed by atoms with E-state index < -0.39 is 17.0 Å². The first-order valence-corrected chi connectivity index (χ1v) is 8.97. The maximum absolute atomic E-state index is 12.7. The van der Waals surface area contributed by atoms with Gasteiger partial charge in [0.25, 0.3) is 5.69 Å². The fourth-order valence-electron chi connectivity index (χ4n) is 3.06. The Morgan fingerprint density at radius 2 is 1.82 bits per heavy atom. The van der Waals surface area contributed by atoms with Crippen LogP contribution in [0.3, 0.4) is 0 Å². The molecule has 0 aliphatic carbocycles. The highest BCUT2D eigenvalue weighted by atomic mass is 35.5. The number of carbonyl (C=O) groups is 1. The van der Waals surface area contributed by atoms with E-state index in [-0.39, 0.29) is 25.2 Å². The Kier molecular flexibility index (Phi) is 6.66. The standard InChI is InChI=1S/C17H12ClF3N2O3.C2H6/c18-15-4-2-1-3-13(15)14-8-11(23(25)26)7-10-9-22(6-5-12(10)14)16(24)17(19,20)21;1-2/h1-4,7-8H,5-6,9H2;1-2H3. The number of amides is 1. The van der Waals surface area contributed by atoms with Gasteiger partial charge < -0.3 is 4.90 Å². The number of nitro benzene ring substituents is 1. The number of benzene rings is 2. The average Bonchev–Trinajstić information content (AvgIpc) is 2.67. The van der Waals surface area contributed by atoms with Gasteiger partial charge in [-0.15, -0.1) is 0 Å². The minimum Gasteiger partial charge on any atom is -0.330 e. The van der Waals surface area contributed by atoms with Gasteiger partial charge in [0.05, 0.1) is 4.92 Å². The molecule has 1 heterocycles. The van der Waals surface area contributed by atoms with Crippen molar-refractivity contribution in [3.05, 3.63) is 62.7 Å². The maximum atomic E-state index is 12.7. The highest BCUT2D eigenvalue weighted by molar-refractivity contribution is 6.33. The molecule has 0 saturated heterocycles. The highest BCUT2D eigenvalue weighted by Gasteiger charge is 2.43. The van der Waals surface area contributed by atoms with Crippen molar-refractivity contribution in [3.63, 3.8) is 0 Å². The van der Waals surface area contributed by atoms with Gasteiger partial charge in [-0.1, -0.05) is 43.6 Å². The van der Waals surface area contributed by atoms with E-state index in [1.807, 2.05) is 13.8 Å². The van der Waals surface area contributed by atoms with E-state index in [0.29, 0.717) is 32.2 Å². The fourth-order valence-corrected chi connectivity index (χ4v) is 3.30. The molecule has 2 aromatic rings. The van der Waals surface area contributed by atoms with Crippen LogP contribution in [0.25, 0.3) is 11.1 Å². The summed E-state index contributed by atoms with van der Waals surface area (Å²) in [6, 6.07) is 9.32. The van der Waals surface area contributed by atoms with Crippen LogP contribution in [0, 0.1) is 10.1 Å². The first kappa shape index (κ1) is 21.7. The number of rotatable bonds is 2. The van der Waals surface area contributed by atoms with Crippen LogP contribution in [0.1, 0.15) is 25.0 Å². The number of nitrogens with zero attached hydrogens (tertiary/aromatic N) is 2. The molecule has 3 rings (SSSR count). The fraction of sp³-hybridized carbons (Fsp3) is 0.316. The van der Waals surface area contributed by atoms with Crippen LogP contribution in [-0.2, 0) is 17.8 Å². The van der Waals surface area contributed by atoms with Crippen molar-refractivity contribution in [2.24, 2.45) is 0 Å². The number of fused-ring (bicyclic) bond motifs is 1. The summed E-state index contributed by atoms with van der Waals surface area (Å²) in [4.78, 5) is 22.8. The molecule has 0 radical (unpaired) electrons. The van der Waals surface area contributed by atoms with E-state index in [2.05, 4.69) is 0 Å². The van der Waals surface area contributed by atoms with Gasteiger partial charge in [0.15, 0.2) is 0 Å². The summed E-state index contributed by atoms with van der Waals surface area (Å²) in [7, 11) is 0. The van der Waals surface area contributed by atoms with Crippen molar-refractivity contribution in [1.82, 2.24) is 4.90 Å². The molecule has 0 aromatic heterocycles. The van der Waals surface area contributed by atoms with Crippen molar-refractivity contribution >= 4 is 23.2 Å². The van der Waals surface area contributed by atoms with Crippen LogP contribution in [-0.4, -0.2) is 28.5 Å². The first-order valence-electron chi connectivity index (χ1n) is 8.59. The van der Waals surface area contributed by atoms with Gasteiger partial charge in [0.1, 0.15) is 0 Å². The summed E-state index contributed by atoms with van der Waals surface area (Å²) in [5.41, 5.74) is 1.77. The van der Waals surface area contributed by atoms with E-state index in [1.165, 1.54) is 12.1 Å². The number of halogens is 4. The average molecular weight is 415 g/mol. The summed E-state index contributed by atoms with van der Waals surface area (Å²) in [6.07, 6.45) is -4.83. The molecule has 0 N–H and O–H groups in total. The van der Waals surface area contributed by atoms with E-state index in [0.717, 1.165) is 0 Å². The van der Waals surface area contributed by atoms with Crippen molar-refractivity contribution < 1.29 is 22.9 Å². The van der Waals surface area contributed by atoms with Crippen LogP contribution < -0.4 is 0 Å². The molecular formula is C19H18ClF3N2O3. The van der Waals surface area contributed by atoms with Gasteiger partial charge >= 0.3 is 12.1 Å². The van der Waals surface area contributed by atoms with Crippen molar-refractivity contribution in [1.29, 1.82) is 0 Å². The third-order valence-corrected chi connectivity index (χ3v) is 4.55. The number of alkyl halides is 3. The zero-order valence-electron chi connectivity index (χ0n) is 15.2. The second-order valence-electron chi connectivity index (χ2n) is 5.84. The molecule has 1 amide bonds. The van der Waals surface area contributed by atoms with E-state index in [4.69, 9.17) is 11.6 Å². The lowest BCUT2D eigenvalue weighted by atomic mass is 9.90. The summed E-state index contributed by atoms with van der Waals surface area (Å²) in [6.45, 7) is 3.54. The molecule has 0 bridgehead atoms. The second-order valence-corrected chi connectivity index (χ2v) is 6.25. The number of carbonyl (C=O) groups excluding carboxylic acids is 1. The van der Waals surface area contributed by atoms with E-state index >= 15 is 0 Å². The Morgan fingerprint density at radius 3 is 2.39 bits per heavy atom. The Bertz CT molecular complexity index is 900. The molecule has 0 saturated carbocycles. The van der Waals surface area contributed by atoms with Gasteiger partial charge in [-0.3, -0.25) is 14.9 Å². The molecule has 9 heteroatoms. The molecular weight excluding hydrogens is 397 g/mol. The van der Waals surface area contributed by atoms with Crippen LogP contribution in [0.5, 0.6) is 0 Å². The smallest absolute Gasteiger partial charge is 0.330 e. The normalized spacial score (nSPS) is 13.3. The Balaban J connectivity index is 0.00000136. The molecule has 28 heavy (non-hydrogen) atoms. The molecule has 1 aliphatic heterocycles. The maximum Gasteiger partial charge on any atom is 0.471 e. The van der Waals surface area contributed by atoms with Crippen LogP contribution in [0.4, 0.5) is 18.9 Å². The number of non-ortho nitro benzene ring substituents is 1. The molecule has 1 aliphatic rings. The van der Waals surface area contributed by atoms with E-state index in [9.17, 15) is 28.1 Å². The van der Waals surface area contributed by atoms with Gasteiger partial charge in [0, 0.05) is 35.8 Å². The van der Waals surface area contributed by atoms with Crippen LogP contribution >= 0.6 is 11.6 Å². The lowest BCUT2D eigenvalue weighted by Crippen LogP contribution is -2.43. The third kappa shape index (κ3) is 4.44. The van der Waals surface area contributed by atoms with Gasteiger partial charge in [-0.05, 0) is 29.2 Å². The van der Waals surface area contributed by atoms with Gasteiger partial charge in [-0.2, -0.15) is 13.2 Å². The molecule has 0 fully saturated rings. The lowest BCUT2D eigenvalue weighted by molar-refractivity contribution is -0.384. The quantitative estimate of drug-likeness (QED) is 0.489. The monoisotopic (exact) mass is 414 g/mol. The number of hydrogen-bond donors (Lipinski definition) is 0. The Morgan fingerprint density at radius 1 is 1.18 bits per heavy atom. The summed E-state index contributed by atoms with van der Waals surface area (Å²) >= 11 is 6.19. The SMILES string of the molecule is CC.O=C(N1CCc2c(cc([N+](=O)[O-])cc2-c2ccccc2Cl)C1)C(F)(F)F. The van der Waals surface area contributed by atoms with Crippen LogP contribution in [0.2, 0.25) is 5.02 Å². The summed E-state index contributed by atoms with van der Waals surface area (Å²) in [5, 5.41) is 11.6. The minimum atomic E-state index is -4.98. The molecule has 2 aromatic carbocycles. The van der Waals surface area contributed by atoms with Crippen molar-refractivity contribution in [3.8, 4) is 11.1 Å². The minimum absolute atomic E-state index is 0.124.